The number of hydrogen-bond acceptors (Lipinski definition) is 5. The minimum atomic E-state index is -0.388. The Morgan fingerprint density at radius 3 is 3.00 bits per heavy atom. The highest BCUT2D eigenvalue weighted by Crippen LogP contribution is 2.31. The molecule has 1 aliphatic rings. The maximum atomic E-state index is 11.4. The lowest BCUT2D eigenvalue weighted by Crippen LogP contribution is -2.26. The van der Waals surface area contributed by atoms with E-state index in [9.17, 15) is 10.1 Å². The predicted molar refractivity (Wildman–Crippen MR) is 107 cm³/mol. The van der Waals surface area contributed by atoms with Gasteiger partial charge in [0.1, 0.15) is 0 Å². The number of anilines is 2. The molecule has 7 heteroatoms. The molecular weight excluding hydrogens is 342 g/mol. The van der Waals surface area contributed by atoms with Crippen LogP contribution in [0.1, 0.15) is 24.0 Å². The number of likely N-dealkylation sites (N-methyl/N-ethyl adjacent to an activating group) is 1. The SMILES string of the molecule is Cc1ccnc(Nc2ccc3[nH]cc(CC4CCCN4C)c3c2)c1[N+](=O)[O-]. The van der Waals surface area contributed by atoms with Crippen LogP contribution in [-0.4, -0.2) is 39.4 Å². The third-order valence-corrected chi connectivity index (χ3v) is 5.47. The molecular formula is C20H23N5O2. The molecule has 0 amide bonds. The molecule has 27 heavy (non-hydrogen) atoms. The van der Waals surface area contributed by atoms with Crippen molar-refractivity contribution in [1.29, 1.82) is 0 Å². The maximum absolute atomic E-state index is 11.4. The number of pyridine rings is 1. The number of benzene rings is 1. The molecule has 1 unspecified atom stereocenters. The fraction of sp³-hybridized carbons (Fsp3) is 0.350. The lowest BCUT2D eigenvalue weighted by atomic mass is 10.0. The topological polar surface area (TPSA) is 87.1 Å². The Morgan fingerprint density at radius 1 is 1.41 bits per heavy atom. The molecule has 1 aliphatic heterocycles. The second-order valence-corrected chi connectivity index (χ2v) is 7.26. The van der Waals surface area contributed by atoms with Gasteiger partial charge in [-0.3, -0.25) is 10.1 Å². The first-order valence-corrected chi connectivity index (χ1v) is 9.20. The van der Waals surface area contributed by atoms with Gasteiger partial charge < -0.3 is 15.2 Å². The summed E-state index contributed by atoms with van der Waals surface area (Å²) in [6.07, 6.45) is 7.14. The summed E-state index contributed by atoms with van der Waals surface area (Å²) in [6.45, 7) is 2.87. The Kier molecular flexibility index (Phi) is 4.53. The molecule has 0 spiro atoms. The molecule has 0 bridgehead atoms. The van der Waals surface area contributed by atoms with E-state index in [4.69, 9.17) is 0 Å². The van der Waals surface area contributed by atoms with Gasteiger partial charge >= 0.3 is 5.69 Å². The number of aryl methyl sites for hydroxylation is 1. The predicted octanol–water partition coefficient (Wildman–Crippen LogP) is 4.16. The molecule has 0 saturated carbocycles. The van der Waals surface area contributed by atoms with Crippen LogP contribution in [-0.2, 0) is 6.42 Å². The van der Waals surface area contributed by atoms with Crippen LogP contribution in [0.25, 0.3) is 10.9 Å². The summed E-state index contributed by atoms with van der Waals surface area (Å²) in [6, 6.07) is 8.18. The van der Waals surface area contributed by atoms with Crippen LogP contribution in [0.15, 0.2) is 36.7 Å². The lowest BCUT2D eigenvalue weighted by Gasteiger charge is -2.18. The van der Waals surface area contributed by atoms with E-state index in [-0.39, 0.29) is 16.4 Å². The number of fused-ring (bicyclic) bond motifs is 1. The fourth-order valence-corrected chi connectivity index (χ4v) is 3.93. The first kappa shape index (κ1) is 17.5. The molecule has 3 heterocycles. The number of hydrogen-bond donors (Lipinski definition) is 2. The minimum absolute atomic E-state index is 0.0134. The molecule has 0 aliphatic carbocycles. The highest BCUT2D eigenvalue weighted by molar-refractivity contribution is 5.87. The van der Waals surface area contributed by atoms with Gasteiger partial charge in [-0.1, -0.05) is 0 Å². The summed E-state index contributed by atoms with van der Waals surface area (Å²) in [4.78, 5) is 20.9. The van der Waals surface area contributed by atoms with Gasteiger partial charge in [-0.25, -0.2) is 4.98 Å². The van der Waals surface area contributed by atoms with Gasteiger partial charge in [0, 0.05) is 40.6 Å². The second-order valence-electron chi connectivity index (χ2n) is 7.26. The van der Waals surface area contributed by atoms with E-state index in [1.54, 1.807) is 19.2 Å². The number of aromatic amines is 1. The van der Waals surface area contributed by atoms with Crippen molar-refractivity contribution in [3.63, 3.8) is 0 Å². The highest BCUT2D eigenvalue weighted by Gasteiger charge is 2.22. The Morgan fingerprint density at radius 2 is 2.26 bits per heavy atom. The molecule has 1 fully saturated rings. The second kappa shape index (κ2) is 7.00. The summed E-state index contributed by atoms with van der Waals surface area (Å²) in [5, 5.41) is 15.7. The van der Waals surface area contributed by atoms with Crippen molar-refractivity contribution in [2.24, 2.45) is 0 Å². The Balaban J connectivity index is 1.65. The van der Waals surface area contributed by atoms with Crippen molar-refractivity contribution in [3.05, 3.63) is 57.9 Å². The smallest absolute Gasteiger partial charge is 0.314 e. The number of nitro groups is 1. The third-order valence-electron chi connectivity index (χ3n) is 5.47. The summed E-state index contributed by atoms with van der Waals surface area (Å²) in [5.41, 5.74) is 3.75. The van der Waals surface area contributed by atoms with Crippen molar-refractivity contribution < 1.29 is 4.92 Å². The van der Waals surface area contributed by atoms with Crippen LogP contribution in [0.5, 0.6) is 0 Å². The molecule has 3 aromatic rings. The summed E-state index contributed by atoms with van der Waals surface area (Å²) in [7, 11) is 2.18. The van der Waals surface area contributed by atoms with Crippen molar-refractivity contribution in [2.75, 3.05) is 18.9 Å². The Hall–Kier alpha value is -2.93. The molecule has 2 aromatic heterocycles. The van der Waals surface area contributed by atoms with Crippen LogP contribution < -0.4 is 5.32 Å². The summed E-state index contributed by atoms with van der Waals surface area (Å²) in [5.74, 6) is 0.270. The van der Waals surface area contributed by atoms with Crippen molar-refractivity contribution >= 4 is 28.1 Å². The van der Waals surface area contributed by atoms with Gasteiger partial charge in [0.25, 0.3) is 0 Å². The zero-order valence-corrected chi connectivity index (χ0v) is 15.5. The number of H-pyrrole nitrogens is 1. The number of likely N-dealkylation sites (tertiary alicyclic amines) is 1. The molecule has 4 rings (SSSR count). The van der Waals surface area contributed by atoms with Crippen molar-refractivity contribution in [2.45, 2.75) is 32.2 Å². The van der Waals surface area contributed by atoms with Crippen LogP contribution in [0.2, 0.25) is 0 Å². The standard InChI is InChI=1S/C20H23N5O2/c1-13-7-8-21-20(19(13)25(26)27)23-15-5-6-18-17(11-15)14(12-22-18)10-16-4-3-9-24(16)2/h5-8,11-12,16,22H,3-4,9-10H2,1-2H3,(H,21,23). The zero-order chi connectivity index (χ0) is 19.0. The molecule has 1 aromatic carbocycles. The maximum Gasteiger partial charge on any atom is 0.314 e. The third kappa shape index (κ3) is 3.38. The number of aromatic nitrogens is 2. The zero-order valence-electron chi connectivity index (χ0n) is 15.5. The molecule has 140 valence electrons. The average molecular weight is 365 g/mol. The average Bonchev–Trinajstić information content (AvgIpc) is 3.21. The van der Waals surface area contributed by atoms with Gasteiger partial charge in [-0.15, -0.1) is 0 Å². The molecule has 1 saturated heterocycles. The molecule has 0 radical (unpaired) electrons. The number of rotatable bonds is 5. The highest BCUT2D eigenvalue weighted by atomic mass is 16.6. The number of nitrogens with one attached hydrogen (secondary N) is 2. The van der Waals surface area contributed by atoms with Crippen molar-refractivity contribution in [3.8, 4) is 0 Å². The fourth-order valence-electron chi connectivity index (χ4n) is 3.93. The van der Waals surface area contributed by atoms with Crippen molar-refractivity contribution in [1.82, 2.24) is 14.9 Å². The van der Waals surface area contributed by atoms with E-state index in [1.165, 1.54) is 18.4 Å². The van der Waals surface area contributed by atoms with E-state index >= 15 is 0 Å². The Bertz CT molecular complexity index is 997. The van der Waals surface area contributed by atoms with E-state index in [2.05, 4.69) is 33.4 Å². The largest absolute Gasteiger partial charge is 0.361 e. The number of nitrogens with zero attached hydrogens (tertiary/aromatic N) is 3. The van der Waals surface area contributed by atoms with Gasteiger partial charge in [0.15, 0.2) is 0 Å². The van der Waals surface area contributed by atoms with Crippen LogP contribution in [0, 0.1) is 17.0 Å². The van der Waals surface area contributed by atoms with Gasteiger partial charge in [0.2, 0.25) is 5.82 Å². The van der Waals surface area contributed by atoms with Gasteiger partial charge in [0.05, 0.1) is 4.92 Å². The van der Waals surface area contributed by atoms with E-state index in [1.807, 2.05) is 18.2 Å². The minimum Gasteiger partial charge on any atom is -0.361 e. The lowest BCUT2D eigenvalue weighted by molar-refractivity contribution is -0.384. The van der Waals surface area contributed by atoms with E-state index < -0.39 is 0 Å². The van der Waals surface area contributed by atoms with Crippen LogP contribution in [0.4, 0.5) is 17.2 Å². The van der Waals surface area contributed by atoms with E-state index in [0.717, 1.165) is 29.6 Å². The molecule has 7 nitrogen and oxygen atoms in total. The summed E-state index contributed by atoms with van der Waals surface area (Å²) >= 11 is 0. The quantitative estimate of drug-likeness (QED) is 0.524. The van der Waals surface area contributed by atoms with E-state index in [0.29, 0.717) is 11.6 Å². The van der Waals surface area contributed by atoms with Crippen LogP contribution >= 0.6 is 0 Å². The van der Waals surface area contributed by atoms with Gasteiger partial charge in [-0.05, 0) is 69.6 Å². The molecule has 1 atom stereocenters. The summed E-state index contributed by atoms with van der Waals surface area (Å²) < 4.78 is 0. The monoisotopic (exact) mass is 365 g/mol. The normalized spacial score (nSPS) is 17.5. The first-order chi connectivity index (χ1) is 13.0. The first-order valence-electron chi connectivity index (χ1n) is 9.20. The van der Waals surface area contributed by atoms with Crippen LogP contribution in [0.3, 0.4) is 0 Å². The Labute approximate surface area is 157 Å². The van der Waals surface area contributed by atoms with Gasteiger partial charge in [-0.2, -0.15) is 0 Å². The molecule has 2 N–H and O–H groups in total.